The summed E-state index contributed by atoms with van der Waals surface area (Å²) in [5.74, 6) is 0.0751. The normalized spacial score (nSPS) is 10.3. The van der Waals surface area contributed by atoms with E-state index in [4.69, 9.17) is 9.15 Å². The van der Waals surface area contributed by atoms with Gasteiger partial charge in [-0.05, 0) is 24.3 Å². The molecular formula is C16H12N4O5. The van der Waals surface area contributed by atoms with Gasteiger partial charge in [-0.2, -0.15) is 0 Å². The number of carbonyl (C=O) groups excluding carboxylic acids is 1. The number of rotatable bonds is 5. The number of nitro benzene ring substituents is 1. The molecule has 3 aromatic rings. The highest BCUT2D eigenvalue weighted by Crippen LogP contribution is 2.24. The largest absolute Gasteiger partial charge is 0.497 e. The maximum absolute atomic E-state index is 12.2. The minimum atomic E-state index is -0.715. The molecule has 0 radical (unpaired) electrons. The van der Waals surface area contributed by atoms with E-state index in [-0.39, 0.29) is 23.2 Å². The van der Waals surface area contributed by atoms with Gasteiger partial charge in [-0.15, -0.1) is 5.10 Å². The lowest BCUT2D eigenvalue weighted by Gasteiger charge is -2.02. The minimum absolute atomic E-state index is 0.103. The second-order valence-electron chi connectivity index (χ2n) is 4.87. The number of benzene rings is 2. The highest BCUT2D eigenvalue weighted by Gasteiger charge is 2.21. The number of nitro groups is 1. The van der Waals surface area contributed by atoms with Gasteiger partial charge in [0, 0.05) is 11.6 Å². The number of para-hydroxylation sites is 1. The number of hydrogen-bond acceptors (Lipinski definition) is 7. The molecule has 2 aromatic carbocycles. The first-order valence-corrected chi connectivity index (χ1v) is 7.11. The predicted octanol–water partition coefficient (Wildman–Crippen LogP) is 2.91. The third kappa shape index (κ3) is 3.44. The fourth-order valence-electron chi connectivity index (χ4n) is 2.14. The van der Waals surface area contributed by atoms with Crippen LogP contribution in [-0.2, 0) is 0 Å². The van der Waals surface area contributed by atoms with E-state index >= 15 is 0 Å². The zero-order valence-electron chi connectivity index (χ0n) is 13.0. The summed E-state index contributed by atoms with van der Waals surface area (Å²) in [4.78, 5) is 22.6. The van der Waals surface area contributed by atoms with Crippen molar-refractivity contribution in [2.24, 2.45) is 0 Å². The number of amides is 1. The summed E-state index contributed by atoms with van der Waals surface area (Å²) in [5.41, 5.74) is 0.194. The van der Waals surface area contributed by atoms with E-state index in [1.54, 1.807) is 24.3 Å². The summed E-state index contributed by atoms with van der Waals surface area (Å²) in [7, 11) is 1.53. The maximum Gasteiger partial charge on any atom is 0.322 e. The second-order valence-corrected chi connectivity index (χ2v) is 4.87. The molecule has 1 aromatic heterocycles. The average molecular weight is 340 g/mol. The van der Waals surface area contributed by atoms with Gasteiger partial charge in [0.2, 0.25) is 5.89 Å². The number of nitrogens with zero attached hydrogens (tertiary/aromatic N) is 3. The third-order valence-corrected chi connectivity index (χ3v) is 3.31. The van der Waals surface area contributed by atoms with Crippen LogP contribution in [0.4, 0.5) is 11.7 Å². The van der Waals surface area contributed by atoms with E-state index < -0.39 is 10.8 Å². The van der Waals surface area contributed by atoms with Crippen LogP contribution in [0.25, 0.3) is 11.5 Å². The van der Waals surface area contributed by atoms with Crippen LogP contribution in [-0.4, -0.2) is 28.1 Å². The van der Waals surface area contributed by atoms with Gasteiger partial charge >= 0.3 is 6.01 Å². The van der Waals surface area contributed by atoms with E-state index in [9.17, 15) is 14.9 Å². The number of carbonyl (C=O) groups is 1. The van der Waals surface area contributed by atoms with Gasteiger partial charge in [0.05, 0.1) is 12.0 Å². The van der Waals surface area contributed by atoms with Crippen molar-refractivity contribution < 1.29 is 18.9 Å². The maximum atomic E-state index is 12.2. The van der Waals surface area contributed by atoms with Crippen LogP contribution in [0.2, 0.25) is 0 Å². The Morgan fingerprint density at radius 3 is 2.76 bits per heavy atom. The van der Waals surface area contributed by atoms with Crippen LogP contribution in [0.3, 0.4) is 0 Å². The van der Waals surface area contributed by atoms with Gasteiger partial charge in [-0.3, -0.25) is 20.2 Å². The Hall–Kier alpha value is -3.75. The molecule has 1 heterocycles. The molecule has 9 heteroatoms. The molecule has 126 valence electrons. The monoisotopic (exact) mass is 340 g/mol. The number of hydrogen-bond donors (Lipinski definition) is 1. The molecule has 3 rings (SSSR count). The molecule has 0 saturated carbocycles. The van der Waals surface area contributed by atoms with Crippen molar-refractivity contribution >= 4 is 17.6 Å². The summed E-state index contributed by atoms with van der Waals surface area (Å²) in [6.07, 6.45) is 0. The zero-order valence-corrected chi connectivity index (χ0v) is 13.0. The molecular weight excluding hydrogens is 328 g/mol. The molecule has 0 aliphatic rings. The van der Waals surface area contributed by atoms with Crippen LogP contribution in [0.15, 0.2) is 52.9 Å². The van der Waals surface area contributed by atoms with Crippen molar-refractivity contribution in [3.05, 3.63) is 64.2 Å². The Kier molecular flexibility index (Phi) is 4.38. The third-order valence-electron chi connectivity index (χ3n) is 3.31. The Bertz CT molecular complexity index is 938. The first-order valence-electron chi connectivity index (χ1n) is 7.11. The lowest BCUT2D eigenvalue weighted by atomic mass is 10.1. The average Bonchev–Trinajstić information content (AvgIpc) is 3.10. The summed E-state index contributed by atoms with van der Waals surface area (Å²) in [5, 5.41) is 20.9. The van der Waals surface area contributed by atoms with Crippen molar-refractivity contribution in [3.8, 4) is 17.2 Å². The number of ether oxygens (including phenoxy) is 1. The first-order chi connectivity index (χ1) is 12.1. The molecule has 1 amide bonds. The van der Waals surface area contributed by atoms with Crippen molar-refractivity contribution in [2.45, 2.75) is 0 Å². The van der Waals surface area contributed by atoms with Crippen LogP contribution in [0, 0.1) is 10.1 Å². The van der Waals surface area contributed by atoms with Crippen molar-refractivity contribution in [2.75, 3.05) is 12.4 Å². The summed E-state index contributed by atoms with van der Waals surface area (Å²) < 4.78 is 10.5. The topological polar surface area (TPSA) is 120 Å². The van der Waals surface area contributed by atoms with Gasteiger partial charge in [-0.1, -0.05) is 23.3 Å². The Labute approximate surface area is 141 Å². The first kappa shape index (κ1) is 16.1. The Balaban J connectivity index is 1.82. The van der Waals surface area contributed by atoms with Gasteiger partial charge in [-0.25, -0.2) is 0 Å². The summed E-state index contributed by atoms with van der Waals surface area (Å²) in [6, 6.07) is 12.4. The molecule has 0 aliphatic heterocycles. The number of anilines is 1. The van der Waals surface area contributed by atoms with Gasteiger partial charge < -0.3 is 9.15 Å². The molecule has 0 spiro atoms. The molecule has 1 N–H and O–H groups in total. The molecule has 0 fully saturated rings. The van der Waals surface area contributed by atoms with Crippen molar-refractivity contribution in [1.29, 1.82) is 0 Å². The molecule has 9 nitrogen and oxygen atoms in total. The van der Waals surface area contributed by atoms with E-state index in [0.717, 1.165) is 0 Å². The quantitative estimate of drug-likeness (QED) is 0.560. The van der Waals surface area contributed by atoms with E-state index in [2.05, 4.69) is 15.5 Å². The minimum Gasteiger partial charge on any atom is -0.497 e. The molecule has 0 unspecified atom stereocenters. The van der Waals surface area contributed by atoms with Gasteiger partial charge in [0.25, 0.3) is 11.6 Å². The molecule has 0 saturated heterocycles. The molecule has 0 atom stereocenters. The molecule has 0 bridgehead atoms. The second kappa shape index (κ2) is 6.79. The van der Waals surface area contributed by atoms with Crippen molar-refractivity contribution in [1.82, 2.24) is 10.2 Å². The standard InChI is InChI=1S/C16H12N4O5/c1-24-11-6-4-5-10(9-11)15-18-19-16(25-15)17-14(21)12-7-2-3-8-13(12)20(22)23/h2-9H,1H3,(H,17,19,21). The number of nitrogens with one attached hydrogen (secondary N) is 1. The number of methoxy groups -OCH3 is 1. The lowest BCUT2D eigenvalue weighted by molar-refractivity contribution is -0.385. The zero-order chi connectivity index (χ0) is 17.8. The van der Waals surface area contributed by atoms with Crippen LogP contribution in [0.1, 0.15) is 10.4 Å². The van der Waals surface area contributed by atoms with E-state index in [1.165, 1.54) is 31.4 Å². The van der Waals surface area contributed by atoms with E-state index in [0.29, 0.717) is 11.3 Å². The molecule has 0 aliphatic carbocycles. The fourth-order valence-corrected chi connectivity index (χ4v) is 2.14. The highest BCUT2D eigenvalue weighted by molar-refractivity contribution is 6.06. The Morgan fingerprint density at radius 1 is 1.20 bits per heavy atom. The summed E-state index contributed by atoms with van der Waals surface area (Å²) in [6.45, 7) is 0. The van der Waals surface area contributed by atoms with Crippen LogP contribution < -0.4 is 10.1 Å². The van der Waals surface area contributed by atoms with Crippen LogP contribution >= 0.6 is 0 Å². The van der Waals surface area contributed by atoms with Gasteiger partial charge in [0.1, 0.15) is 11.3 Å². The smallest absolute Gasteiger partial charge is 0.322 e. The SMILES string of the molecule is COc1cccc(-c2nnc(NC(=O)c3ccccc3[N+](=O)[O-])o2)c1. The van der Waals surface area contributed by atoms with Crippen molar-refractivity contribution in [3.63, 3.8) is 0 Å². The lowest BCUT2D eigenvalue weighted by Crippen LogP contribution is -2.14. The highest BCUT2D eigenvalue weighted by atomic mass is 16.6. The summed E-state index contributed by atoms with van der Waals surface area (Å²) >= 11 is 0. The molecule has 25 heavy (non-hydrogen) atoms. The predicted molar refractivity (Wildman–Crippen MR) is 87.3 cm³/mol. The fraction of sp³-hybridized carbons (Fsp3) is 0.0625. The Morgan fingerprint density at radius 2 is 2.00 bits per heavy atom. The van der Waals surface area contributed by atoms with Gasteiger partial charge in [0.15, 0.2) is 0 Å². The number of aromatic nitrogens is 2. The van der Waals surface area contributed by atoms with E-state index in [1.807, 2.05) is 0 Å². The van der Waals surface area contributed by atoms with Crippen LogP contribution in [0.5, 0.6) is 5.75 Å².